The molecule has 0 amide bonds. The summed E-state index contributed by atoms with van der Waals surface area (Å²) in [5.41, 5.74) is 0.873. The zero-order valence-corrected chi connectivity index (χ0v) is 11.0. The van der Waals surface area contributed by atoms with E-state index in [1.54, 1.807) is 18.2 Å². The largest absolute Gasteiger partial charge is 0.478 e. The quantitative estimate of drug-likeness (QED) is 0.816. The Morgan fingerprint density at radius 2 is 1.74 bits per heavy atom. The van der Waals surface area contributed by atoms with Crippen molar-refractivity contribution in [3.05, 3.63) is 57.8 Å². The molecule has 2 aromatic rings. The molecule has 0 aromatic heterocycles. The van der Waals surface area contributed by atoms with Gasteiger partial charge in [0.25, 0.3) is 0 Å². The van der Waals surface area contributed by atoms with Crippen LogP contribution in [0.15, 0.2) is 36.4 Å². The van der Waals surface area contributed by atoms with Crippen LogP contribution in [-0.4, -0.2) is 11.1 Å². The summed E-state index contributed by atoms with van der Waals surface area (Å²) in [5, 5.41) is 11.6. The number of carbonyl (C=O) groups is 1. The minimum atomic E-state index is -1.07. The Morgan fingerprint density at radius 1 is 1.16 bits per heavy atom. The molecule has 3 nitrogen and oxygen atoms in total. The van der Waals surface area contributed by atoms with Crippen LogP contribution in [0, 0.1) is 5.82 Å². The lowest BCUT2D eigenvalue weighted by molar-refractivity contribution is 0.0698. The molecule has 0 radical (unpaired) electrons. The normalized spacial score (nSPS) is 10.3. The fraction of sp³-hybridized carbons (Fsp3) is 0. The number of anilines is 2. The molecule has 0 spiro atoms. The second-order valence-electron chi connectivity index (χ2n) is 3.73. The third-order valence-corrected chi connectivity index (χ3v) is 2.97. The van der Waals surface area contributed by atoms with Crippen molar-refractivity contribution in [1.82, 2.24) is 0 Å². The minimum Gasteiger partial charge on any atom is -0.478 e. The van der Waals surface area contributed by atoms with Crippen molar-refractivity contribution >= 4 is 40.5 Å². The molecule has 0 fully saturated rings. The monoisotopic (exact) mass is 299 g/mol. The Balaban J connectivity index is 2.39. The molecule has 0 heterocycles. The maximum absolute atomic E-state index is 13.3. The molecular weight excluding hydrogens is 292 g/mol. The predicted octanol–water partition coefficient (Wildman–Crippen LogP) is 4.57. The van der Waals surface area contributed by atoms with E-state index in [1.165, 1.54) is 18.2 Å². The maximum atomic E-state index is 13.3. The summed E-state index contributed by atoms with van der Waals surface area (Å²) in [6.45, 7) is 0. The number of para-hydroxylation sites is 1. The van der Waals surface area contributed by atoms with Gasteiger partial charge in [0.1, 0.15) is 0 Å². The van der Waals surface area contributed by atoms with Crippen LogP contribution in [0.3, 0.4) is 0 Å². The number of carboxylic acid groups (broad SMARTS) is 1. The van der Waals surface area contributed by atoms with Gasteiger partial charge >= 0.3 is 5.97 Å². The number of nitrogens with one attached hydrogen (secondary N) is 1. The second kappa shape index (κ2) is 5.47. The van der Waals surface area contributed by atoms with Crippen LogP contribution in [0.4, 0.5) is 15.8 Å². The summed E-state index contributed by atoms with van der Waals surface area (Å²) in [5.74, 6) is -1.78. The van der Waals surface area contributed by atoms with Crippen LogP contribution < -0.4 is 5.32 Å². The van der Waals surface area contributed by atoms with Gasteiger partial charge in [-0.15, -0.1) is 0 Å². The zero-order chi connectivity index (χ0) is 14.0. The highest BCUT2D eigenvalue weighted by Crippen LogP contribution is 2.30. The maximum Gasteiger partial charge on any atom is 0.337 e. The molecule has 2 rings (SSSR count). The standard InChI is InChI=1S/C13H8Cl2FNO2/c14-9-5-7(6-10(15)12(9)16)17-11-4-2-1-3-8(11)13(18)19/h1-6,17H,(H,18,19). The van der Waals surface area contributed by atoms with Crippen molar-refractivity contribution < 1.29 is 14.3 Å². The topological polar surface area (TPSA) is 49.3 Å². The number of hydrogen-bond acceptors (Lipinski definition) is 2. The van der Waals surface area contributed by atoms with Crippen LogP contribution in [0.25, 0.3) is 0 Å². The minimum absolute atomic E-state index is 0.0964. The highest BCUT2D eigenvalue weighted by molar-refractivity contribution is 6.35. The van der Waals surface area contributed by atoms with Crippen LogP contribution in [-0.2, 0) is 0 Å². The van der Waals surface area contributed by atoms with E-state index < -0.39 is 11.8 Å². The SMILES string of the molecule is O=C(O)c1ccccc1Nc1cc(Cl)c(F)c(Cl)c1. The summed E-state index contributed by atoms with van der Waals surface area (Å²) in [6.07, 6.45) is 0. The van der Waals surface area contributed by atoms with Gasteiger partial charge in [-0.05, 0) is 24.3 Å². The van der Waals surface area contributed by atoms with Crippen LogP contribution >= 0.6 is 23.2 Å². The van der Waals surface area contributed by atoms with Gasteiger partial charge in [0.05, 0.1) is 21.3 Å². The van der Waals surface area contributed by atoms with Crippen LogP contribution in [0.2, 0.25) is 10.0 Å². The number of carboxylic acids is 1. The Labute approximate surface area is 118 Å². The smallest absolute Gasteiger partial charge is 0.337 e. The highest BCUT2D eigenvalue weighted by Gasteiger charge is 2.11. The molecule has 0 unspecified atom stereocenters. The molecule has 0 aliphatic carbocycles. The van der Waals surface area contributed by atoms with Crippen molar-refractivity contribution in [2.45, 2.75) is 0 Å². The molecule has 6 heteroatoms. The Morgan fingerprint density at radius 3 is 2.32 bits per heavy atom. The molecule has 2 aromatic carbocycles. The van der Waals surface area contributed by atoms with Gasteiger partial charge in [-0.25, -0.2) is 9.18 Å². The lowest BCUT2D eigenvalue weighted by Gasteiger charge is -2.10. The van der Waals surface area contributed by atoms with E-state index in [-0.39, 0.29) is 15.6 Å². The number of hydrogen-bond donors (Lipinski definition) is 2. The molecule has 0 saturated heterocycles. The first-order chi connectivity index (χ1) is 8.99. The first-order valence-corrected chi connectivity index (χ1v) is 5.98. The Kier molecular flexibility index (Phi) is 3.93. The predicted molar refractivity (Wildman–Crippen MR) is 73.1 cm³/mol. The summed E-state index contributed by atoms with van der Waals surface area (Å²) in [4.78, 5) is 11.0. The van der Waals surface area contributed by atoms with E-state index in [0.717, 1.165) is 0 Å². The van der Waals surface area contributed by atoms with E-state index in [0.29, 0.717) is 11.4 Å². The number of halogens is 3. The van der Waals surface area contributed by atoms with E-state index in [2.05, 4.69) is 5.32 Å². The molecular formula is C13H8Cl2FNO2. The fourth-order valence-corrected chi connectivity index (χ4v) is 2.05. The van der Waals surface area contributed by atoms with Crippen molar-refractivity contribution in [3.63, 3.8) is 0 Å². The molecule has 0 aliphatic rings. The van der Waals surface area contributed by atoms with Gasteiger partial charge in [-0.3, -0.25) is 0 Å². The van der Waals surface area contributed by atoms with Gasteiger partial charge in [-0.2, -0.15) is 0 Å². The molecule has 19 heavy (non-hydrogen) atoms. The molecule has 98 valence electrons. The van der Waals surface area contributed by atoms with Crippen molar-refractivity contribution in [3.8, 4) is 0 Å². The van der Waals surface area contributed by atoms with Gasteiger partial charge in [0.15, 0.2) is 5.82 Å². The van der Waals surface area contributed by atoms with Crippen molar-refractivity contribution in [1.29, 1.82) is 0 Å². The lowest BCUT2D eigenvalue weighted by Crippen LogP contribution is -2.02. The number of rotatable bonds is 3. The molecule has 2 N–H and O–H groups in total. The summed E-state index contributed by atoms with van der Waals surface area (Å²) >= 11 is 11.3. The third kappa shape index (κ3) is 2.97. The Hall–Kier alpha value is -1.78. The summed E-state index contributed by atoms with van der Waals surface area (Å²) < 4.78 is 13.3. The molecule has 0 bridgehead atoms. The fourth-order valence-electron chi connectivity index (χ4n) is 1.56. The van der Waals surface area contributed by atoms with E-state index in [9.17, 15) is 9.18 Å². The van der Waals surface area contributed by atoms with Gasteiger partial charge in [0.2, 0.25) is 0 Å². The first-order valence-electron chi connectivity index (χ1n) is 5.23. The second-order valence-corrected chi connectivity index (χ2v) is 4.54. The van der Waals surface area contributed by atoms with Crippen LogP contribution in [0.1, 0.15) is 10.4 Å². The van der Waals surface area contributed by atoms with E-state index >= 15 is 0 Å². The molecule has 0 saturated carbocycles. The average Bonchev–Trinajstić information content (AvgIpc) is 2.36. The highest BCUT2D eigenvalue weighted by atomic mass is 35.5. The van der Waals surface area contributed by atoms with E-state index in [1.807, 2.05) is 0 Å². The molecule has 0 atom stereocenters. The van der Waals surface area contributed by atoms with Gasteiger partial charge in [0, 0.05) is 5.69 Å². The van der Waals surface area contributed by atoms with Crippen LogP contribution in [0.5, 0.6) is 0 Å². The van der Waals surface area contributed by atoms with Crippen molar-refractivity contribution in [2.75, 3.05) is 5.32 Å². The lowest BCUT2D eigenvalue weighted by atomic mass is 10.1. The third-order valence-electron chi connectivity index (χ3n) is 2.42. The summed E-state index contributed by atoms with van der Waals surface area (Å²) in [7, 11) is 0. The van der Waals surface area contributed by atoms with Gasteiger partial charge < -0.3 is 10.4 Å². The van der Waals surface area contributed by atoms with Gasteiger partial charge in [-0.1, -0.05) is 35.3 Å². The van der Waals surface area contributed by atoms with E-state index in [4.69, 9.17) is 28.3 Å². The number of benzene rings is 2. The average molecular weight is 300 g/mol. The zero-order valence-electron chi connectivity index (χ0n) is 9.45. The Bertz CT molecular complexity index is 623. The number of aromatic carboxylic acids is 1. The molecule has 0 aliphatic heterocycles. The van der Waals surface area contributed by atoms with Crippen molar-refractivity contribution in [2.24, 2.45) is 0 Å². The first kappa shape index (κ1) is 13.6. The summed E-state index contributed by atoms with van der Waals surface area (Å²) in [6, 6.07) is 9.01.